The van der Waals surface area contributed by atoms with E-state index in [4.69, 9.17) is 4.52 Å². The molecule has 6 nitrogen and oxygen atoms in total. The summed E-state index contributed by atoms with van der Waals surface area (Å²) in [7, 11) is 0. The van der Waals surface area contributed by atoms with Crippen LogP contribution in [0.2, 0.25) is 0 Å². The van der Waals surface area contributed by atoms with Gasteiger partial charge in [-0.15, -0.1) is 0 Å². The molecule has 0 saturated heterocycles. The minimum atomic E-state index is -0.172. The molecule has 2 heterocycles. The van der Waals surface area contributed by atoms with Crippen LogP contribution in [-0.4, -0.2) is 22.6 Å². The molecule has 2 aromatic rings. The van der Waals surface area contributed by atoms with Crippen LogP contribution in [0.5, 0.6) is 0 Å². The Bertz CT molecular complexity index is 587. The zero-order valence-corrected chi connectivity index (χ0v) is 11.9. The maximum atomic E-state index is 12.2. The van der Waals surface area contributed by atoms with E-state index in [1.54, 1.807) is 18.5 Å². The maximum absolute atomic E-state index is 12.2. The summed E-state index contributed by atoms with van der Waals surface area (Å²) in [6, 6.07) is 1.79. The molecule has 0 saturated carbocycles. The van der Waals surface area contributed by atoms with Crippen molar-refractivity contribution in [1.29, 1.82) is 0 Å². The lowest BCUT2D eigenvalue weighted by Gasteiger charge is -2.10. The number of aryl methyl sites for hydroxylation is 2. The number of pyridine rings is 1. The fraction of sp³-hybridized carbons (Fsp3) is 0.357. The molecule has 0 aliphatic heterocycles. The van der Waals surface area contributed by atoms with Gasteiger partial charge in [-0.2, -0.15) is 0 Å². The molecular formula is C14H18N4O2. The smallest absolute Gasteiger partial charge is 0.255 e. The van der Waals surface area contributed by atoms with Crippen LogP contribution in [0, 0.1) is 13.8 Å². The predicted octanol–water partition coefficient (Wildman–Crippen LogP) is 2.05. The largest absolute Gasteiger partial charge is 0.385 e. The Balaban J connectivity index is 2.09. The standard InChI is InChI=1S/C14H18N4O2/c1-4-16-13-5-6-15-7-12(13)14(19)17-8-11-9(2)18-20-10(11)3/h5-7H,4,8H2,1-3H3,(H,15,16)(H,17,19). The van der Waals surface area contributed by atoms with Gasteiger partial charge in [0.1, 0.15) is 5.76 Å². The molecule has 2 rings (SSSR count). The molecule has 0 aromatic carbocycles. The summed E-state index contributed by atoms with van der Waals surface area (Å²) in [5.74, 6) is 0.551. The third-order valence-corrected chi connectivity index (χ3v) is 3.04. The number of hydrogen-bond acceptors (Lipinski definition) is 5. The first-order valence-electron chi connectivity index (χ1n) is 6.51. The molecule has 0 unspecified atom stereocenters. The van der Waals surface area contributed by atoms with Crippen molar-refractivity contribution in [2.75, 3.05) is 11.9 Å². The molecule has 0 fully saturated rings. The molecule has 2 aromatic heterocycles. The van der Waals surface area contributed by atoms with Crippen LogP contribution in [0.4, 0.5) is 5.69 Å². The van der Waals surface area contributed by atoms with Gasteiger partial charge < -0.3 is 15.2 Å². The number of carbonyl (C=O) groups is 1. The summed E-state index contributed by atoms with van der Waals surface area (Å²) >= 11 is 0. The van der Waals surface area contributed by atoms with Gasteiger partial charge in [0.25, 0.3) is 5.91 Å². The van der Waals surface area contributed by atoms with Gasteiger partial charge in [0, 0.05) is 31.0 Å². The fourth-order valence-corrected chi connectivity index (χ4v) is 1.94. The highest BCUT2D eigenvalue weighted by molar-refractivity contribution is 5.99. The molecule has 0 radical (unpaired) electrons. The molecule has 0 aliphatic rings. The van der Waals surface area contributed by atoms with Crippen molar-refractivity contribution < 1.29 is 9.32 Å². The number of nitrogens with zero attached hydrogens (tertiary/aromatic N) is 2. The van der Waals surface area contributed by atoms with E-state index in [0.717, 1.165) is 29.2 Å². The molecular weight excluding hydrogens is 256 g/mol. The number of nitrogens with one attached hydrogen (secondary N) is 2. The predicted molar refractivity (Wildman–Crippen MR) is 75.5 cm³/mol. The Hall–Kier alpha value is -2.37. The van der Waals surface area contributed by atoms with E-state index in [1.807, 2.05) is 20.8 Å². The van der Waals surface area contributed by atoms with Crippen molar-refractivity contribution in [3.63, 3.8) is 0 Å². The van der Waals surface area contributed by atoms with Gasteiger partial charge in [0.05, 0.1) is 16.9 Å². The Morgan fingerprint density at radius 2 is 2.20 bits per heavy atom. The molecule has 0 aliphatic carbocycles. The van der Waals surface area contributed by atoms with Crippen LogP contribution < -0.4 is 10.6 Å². The van der Waals surface area contributed by atoms with Crippen LogP contribution in [-0.2, 0) is 6.54 Å². The van der Waals surface area contributed by atoms with Crippen LogP contribution in [0.1, 0.15) is 34.3 Å². The third-order valence-electron chi connectivity index (χ3n) is 3.04. The van der Waals surface area contributed by atoms with Crippen LogP contribution in [0.15, 0.2) is 23.0 Å². The molecule has 0 spiro atoms. The molecule has 6 heteroatoms. The SMILES string of the molecule is CCNc1ccncc1C(=O)NCc1c(C)noc1C. The van der Waals surface area contributed by atoms with Crippen LogP contribution in [0.3, 0.4) is 0 Å². The average Bonchev–Trinajstić information content (AvgIpc) is 2.76. The van der Waals surface area contributed by atoms with Gasteiger partial charge in [-0.25, -0.2) is 0 Å². The molecule has 1 amide bonds. The minimum Gasteiger partial charge on any atom is -0.385 e. The Kier molecular flexibility index (Phi) is 4.34. The highest BCUT2D eigenvalue weighted by Crippen LogP contribution is 2.15. The number of anilines is 1. The fourth-order valence-electron chi connectivity index (χ4n) is 1.94. The van der Waals surface area contributed by atoms with E-state index >= 15 is 0 Å². The van der Waals surface area contributed by atoms with Crippen molar-refractivity contribution in [3.8, 4) is 0 Å². The highest BCUT2D eigenvalue weighted by atomic mass is 16.5. The lowest BCUT2D eigenvalue weighted by Crippen LogP contribution is -2.24. The summed E-state index contributed by atoms with van der Waals surface area (Å²) < 4.78 is 5.07. The van der Waals surface area contributed by atoms with Crippen molar-refractivity contribution in [2.24, 2.45) is 0 Å². The Morgan fingerprint density at radius 1 is 1.40 bits per heavy atom. The van der Waals surface area contributed by atoms with E-state index in [9.17, 15) is 4.79 Å². The summed E-state index contributed by atoms with van der Waals surface area (Å²) in [6.45, 7) is 6.79. The Morgan fingerprint density at radius 3 is 2.85 bits per heavy atom. The van der Waals surface area contributed by atoms with E-state index in [2.05, 4.69) is 20.8 Å². The zero-order valence-electron chi connectivity index (χ0n) is 11.9. The van der Waals surface area contributed by atoms with Crippen molar-refractivity contribution in [3.05, 3.63) is 41.0 Å². The zero-order chi connectivity index (χ0) is 14.5. The summed E-state index contributed by atoms with van der Waals surface area (Å²) in [6.07, 6.45) is 3.21. The highest BCUT2D eigenvalue weighted by Gasteiger charge is 2.14. The molecule has 106 valence electrons. The van der Waals surface area contributed by atoms with Crippen LogP contribution in [0.25, 0.3) is 0 Å². The number of hydrogen-bond donors (Lipinski definition) is 2. The molecule has 2 N–H and O–H groups in total. The van der Waals surface area contributed by atoms with Gasteiger partial charge in [0.15, 0.2) is 0 Å². The summed E-state index contributed by atoms with van der Waals surface area (Å²) in [5.41, 5.74) is 3.01. The van der Waals surface area contributed by atoms with Gasteiger partial charge >= 0.3 is 0 Å². The minimum absolute atomic E-state index is 0.172. The molecule has 20 heavy (non-hydrogen) atoms. The second-order valence-electron chi connectivity index (χ2n) is 4.44. The summed E-state index contributed by atoms with van der Waals surface area (Å²) in [5, 5.41) is 9.87. The van der Waals surface area contributed by atoms with Gasteiger partial charge in [-0.1, -0.05) is 5.16 Å². The third kappa shape index (κ3) is 2.96. The first-order valence-corrected chi connectivity index (χ1v) is 6.51. The number of carbonyl (C=O) groups excluding carboxylic acids is 1. The second-order valence-corrected chi connectivity index (χ2v) is 4.44. The van der Waals surface area contributed by atoms with Crippen molar-refractivity contribution in [2.45, 2.75) is 27.3 Å². The lowest BCUT2D eigenvalue weighted by molar-refractivity contribution is 0.0951. The maximum Gasteiger partial charge on any atom is 0.255 e. The quantitative estimate of drug-likeness (QED) is 0.872. The van der Waals surface area contributed by atoms with E-state index < -0.39 is 0 Å². The van der Waals surface area contributed by atoms with E-state index in [0.29, 0.717) is 12.1 Å². The summed E-state index contributed by atoms with van der Waals surface area (Å²) in [4.78, 5) is 16.2. The monoisotopic (exact) mass is 274 g/mol. The van der Waals surface area contributed by atoms with Crippen molar-refractivity contribution in [1.82, 2.24) is 15.5 Å². The van der Waals surface area contributed by atoms with E-state index in [-0.39, 0.29) is 5.91 Å². The number of rotatable bonds is 5. The number of amides is 1. The van der Waals surface area contributed by atoms with E-state index in [1.165, 1.54) is 0 Å². The van der Waals surface area contributed by atoms with Gasteiger partial charge in [0.2, 0.25) is 0 Å². The first kappa shape index (κ1) is 14.0. The molecule has 0 atom stereocenters. The Labute approximate surface area is 117 Å². The lowest BCUT2D eigenvalue weighted by atomic mass is 10.2. The molecule has 0 bridgehead atoms. The topological polar surface area (TPSA) is 80.0 Å². The normalized spacial score (nSPS) is 10.3. The van der Waals surface area contributed by atoms with Gasteiger partial charge in [-0.3, -0.25) is 9.78 Å². The van der Waals surface area contributed by atoms with Gasteiger partial charge in [-0.05, 0) is 26.8 Å². The average molecular weight is 274 g/mol. The number of aromatic nitrogens is 2. The van der Waals surface area contributed by atoms with Crippen molar-refractivity contribution >= 4 is 11.6 Å². The second kappa shape index (κ2) is 6.18. The van der Waals surface area contributed by atoms with Crippen LogP contribution >= 0.6 is 0 Å². The first-order chi connectivity index (χ1) is 9.63.